The number of furan rings is 2. The molecule has 0 unspecified atom stereocenters. The third-order valence-electron chi connectivity index (χ3n) is 27.0. The topological polar surface area (TPSA) is 97.6 Å². The molecule has 0 atom stereocenters. The molecule has 2 aliphatic carbocycles. The molecule has 0 saturated carbocycles. The summed E-state index contributed by atoms with van der Waals surface area (Å²) in [5.41, 5.74) is 30.1. The average Bonchev–Trinajstić information content (AvgIpc) is 1.52. The number of hydrogen-bond donors (Lipinski definition) is 0. The molecule has 560 valence electrons. The monoisotopic (exact) mass is 1530 g/mol. The van der Waals surface area contributed by atoms with E-state index in [1.807, 2.05) is 12.1 Å². The van der Waals surface area contributed by atoms with Gasteiger partial charge in [-0.3, -0.25) is 9.13 Å². The van der Waals surface area contributed by atoms with E-state index in [0.29, 0.717) is 23.2 Å². The van der Waals surface area contributed by atoms with Crippen molar-refractivity contribution in [1.29, 1.82) is 0 Å². The number of hydrogen-bond acceptors (Lipinski definition) is 6. The van der Waals surface area contributed by atoms with Crippen molar-refractivity contribution in [3.63, 3.8) is 0 Å². The van der Waals surface area contributed by atoms with Crippen LogP contribution >= 0.6 is 0 Å². The lowest BCUT2D eigenvalue weighted by molar-refractivity contribution is 0.660. The molecule has 27 rings (SSSR count). The largest absolute Gasteiger partial charge is 0.455 e. The van der Waals surface area contributed by atoms with E-state index in [1.165, 1.54) is 71.4 Å². The Morgan fingerprint density at radius 2 is 0.700 bits per heavy atom. The van der Waals surface area contributed by atoms with E-state index in [4.69, 9.17) is 28.8 Å². The molecular weight excluding hydrogens is 1470 g/mol. The lowest BCUT2D eigenvalue weighted by Gasteiger charge is -2.22. The van der Waals surface area contributed by atoms with Crippen molar-refractivity contribution >= 4 is 164 Å². The SMILES string of the molecule is CC1(C)c2cc(-c3ccc4c(c3)oc3c(-c5ccccc5)nc(-n5c6ccc7c(c6c6c8ccccc8c(-n8c9ccccc9c9ccccc98)cc65)-c5ccccc5C7(C)C)nc34)ccc2-c2c1ccc1c2c2c3ccccc3c(-n3c4ccccc4c4ccccc43)cc2n1-c1nc(-c2cccc3c2oc2ccccc23)c2ccccc2n1. The van der Waals surface area contributed by atoms with Crippen LogP contribution in [0.15, 0.2) is 349 Å². The molecule has 17 aromatic carbocycles. The summed E-state index contributed by atoms with van der Waals surface area (Å²) in [6, 6.07) is 124. The molecule has 2 aliphatic rings. The van der Waals surface area contributed by atoms with Gasteiger partial charge >= 0.3 is 0 Å². The molecule has 0 amide bonds. The normalized spacial score (nSPS) is 13.6. The van der Waals surface area contributed by atoms with Crippen molar-refractivity contribution < 1.29 is 8.83 Å². The minimum absolute atomic E-state index is 0.246. The molecule has 8 aromatic heterocycles. The van der Waals surface area contributed by atoms with Crippen LogP contribution in [0.2, 0.25) is 0 Å². The summed E-state index contributed by atoms with van der Waals surface area (Å²) >= 11 is 0. The van der Waals surface area contributed by atoms with Crippen LogP contribution in [0.1, 0.15) is 49.9 Å². The van der Waals surface area contributed by atoms with Crippen LogP contribution in [0.25, 0.3) is 243 Å². The summed E-state index contributed by atoms with van der Waals surface area (Å²) in [5, 5.41) is 18.0. The van der Waals surface area contributed by atoms with E-state index >= 15 is 0 Å². The van der Waals surface area contributed by atoms with Gasteiger partial charge in [0.05, 0.1) is 66.7 Å². The van der Waals surface area contributed by atoms with Crippen LogP contribution in [-0.2, 0) is 10.8 Å². The van der Waals surface area contributed by atoms with E-state index in [0.717, 1.165) is 170 Å². The molecule has 0 aliphatic heterocycles. The van der Waals surface area contributed by atoms with Crippen molar-refractivity contribution in [2.75, 3.05) is 0 Å². The molecule has 0 bridgehead atoms. The number of para-hydroxylation sites is 7. The van der Waals surface area contributed by atoms with Crippen LogP contribution in [0.5, 0.6) is 0 Å². The van der Waals surface area contributed by atoms with Crippen LogP contribution in [0.3, 0.4) is 0 Å². The van der Waals surface area contributed by atoms with E-state index in [1.54, 1.807) is 0 Å². The van der Waals surface area contributed by atoms with Crippen molar-refractivity contribution in [2.45, 2.75) is 38.5 Å². The van der Waals surface area contributed by atoms with Crippen LogP contribution in [0.4, 0.5) is 0 Å². The Morgan fingerprint density at radius 3 is 1.32 bits per heavy atom. The lowest BCUT2D eigenvalue weighted by atomic mass is 9.81. The lowest BCUT2D eigenvalue weighted by Crippen LogP contribution is -2.15. The van der Waals surface area contributed by atoms with Gasteiger partial charge in [0.15, 0.2) is 5.58 Å². The van der Waals surface area contributed by atoms with Gasteiger partial charge in [-0.15, -0.1) is 0 Å². The second kappa shape index (κ2) is 23.6. The van der Waals surface area contributed by atoms with Gasteiger partial charge in [0.1, 0.15) is 28.0 Å². The van der Waals surface area contributed by atoms with Gasteiger partial charge in [-0.1, -0.05) is 282 Å². The van der Waals surface area contributed by atoms with Crippen LogP contribution in [0, 0.1) is 0 Å². The second-order valence-electron chi connectivity index (χ2n) is 33.8. The zero-order valence-electron chi connectivity index (χ0n) is 65.7. The fourth-order valence-corrected chi connectivity index (χ4v) is 21.6. The Labute approximate surface area is 685 Å². The molecule has 8 heterocycles. The molecule has 0 radical (unpaired) electrons. The van der Waals surface area contributed by atoms with Crippen molar-refractivity contribution in [1.82, 2.24) is 38.2 Å². The fraction of sp³-hybridized carbons (Fsp3) is 0.0545. The quantitative estimate of drug-likeness (QED) is 0.158. The number of aromatic nitrogens is 8. The zero-order valence-corrected chi connectivity index (χ0v) is 65.7. The van der Waals surface area contributed by atoms with Gasteiger partial charge in [-0.25, -0.2) is 19.9 Å². The average molecular weight is 1530 g/mol. The fourth-order valence-electron chi connectivity index (χ4n) is 21.6. The molecule has 0 saturated heterocycles. The molecule has 0 N–H and O–H groups in total. The molecule has 120 heavy (non-hydrogen) atoms. The standard InChI is InChI=1S/C110H68N8O2/c1-109(2)79-42-19-12-38-74(79)96-80(109)53-55-89-100(96)99-72-37-11-9-34-69(72)91(116-86-46-23-16-31-66(86)67-32-17-24-47-87(67)116)60-93(99)118(89)108-112-102(61-27-6-5-7-28-61)106-104(114-108)77-52-50-63(58-95(77)120-106)62-49-51-75-82(57-62)110(3,4)81-54-56-88-101(97(75)81)98-71-36-10-8-33-68(71)90(115-84-44-21-14-29-64(84)65-30-15-22-45-85(65)115)59-92(98)117(88)107-111-83-43-20-13-39-76(83)103(113-107)78-41-26-40-73-70-35-18-25-48-94(70)119-105(73)78/h5-60H,1-4H3. The highest BCUT2D eigenvalue weighted by Gasteiger charge is 2.41. The number of nitrogens with zero attached hydrogens (tertiary/aromatic N) is 8. The minimum Gasteiger partial charge on any atom is -0.455 e. The van der Waals surface area contributed by atoms with Gasteiger partial charge < -0.3 is 18.0 Å². The summed E-state index contributed by atoms with van der Waals surface area (Å²) in [7, 11) is 0. The summed E-state index contributed by atoms with van der Waals surface area (Å²) in [6.07, 6.45) is 0. The zero-order chi connectivity index (χ0) is 78.9. The Hall–Kier alpha value is -15.5. The first-order valence-corrected chi connectivity index (χ1v) is 41.3. The number of fused-ring (bicyclic) bond motifs is 31. The third kappa shape index (κ3) is 8.64. The van der Waals surface area contributed by atoms with Gasteiger partial charge in [0.25, 0.3) is 0 Å². The van der Waals surface area contributed by atoms with Gasteiger partial charge in [0.2, 0.25) is 11.9 Å². The smallest absolute Gasteiger partial charge is 0.236 e. The summed E-state index contributed by atoms with van der Waals surface area (Å²) in [5.74, 6) is 1.12. The highest BCUT2D eigenvalue weighted by Crippen LogP contribution is 2.58. The van der Waals surface area contributed by atoms with Gasteiger partial charge in [-0.2, -0.15) is 0 Å². The third-order valence-corrected chi connectivity index (χ3v) is 27.0. The molecule has 10 nitrogen and oxygen atoms in total. The first-order chi connectivity index (χ1) is 59.1. The van der Waals surface area contributed by atoms with E-state index < -0.39 is 5.41 Å². The summed E-state index contributed by atoms with van der Waals surface area (Å²) < 4.78 is 23.8. The first kappa shape index (κ1) is 65.7. The molecule has 0 spiro atoms. The van der Waals surface area contributed by atoms with E-state index in [-0.39, 0.29) is 5.41 Å². The van der Waals surface area contributed by atoms with Crippen molar-refractivity contribution in [3.05, 3.63) is 362 Å². The second-order valence-corrected chi connectivity index (χ2v) is 33.8. The molecule has 10 heteroatoms. The molecule has 0 fully saturated rings. The van der Waals surface area contributed by atoms with Crippen LogP contribution < -0.4 is 0 Å². The predicted molar refractivity (Wildman–Crippen MR) is 493 cm³/mol. The van der Waals surface area contributed by atoms with Crippen molar-refractivity contribution in [2.24, 2.45) is 0 Å². The predicted octanol–water partition coefficient (Wildman–Crippen LogP) is 28.5. The molecular formula is C110H68N8O2. The van der Waals surface area contributed by atoms with E-state index in [2.05, 4.69) is 374 Å². The van der Waals surface area contributed by atoms with Crippen LogP contribution in [-0.4, -0.2) is 38.2 Å². The van der Waals surface area contributed by atoms with E-state index in [9.17, 15) is 0 Å². The minimum atomic E-state index is -0.442. The maximum atomic E-state index is 7.33. The highest BCUT2D eigenvalue weighted by molar-refractivity contribution is 6.30. The first-order valence-electron chi connectivity index (χ1n) is 41.3. The maximum Gasteiger partial charge on any atom is 0.236 e. The number of benzene rings is 17. The maximum absolute atomic E-state index is 7.33. The summed E-state index contributed by atoms with van der Waals surface area (Å²) in [6.45, 7) is 9.53. The number of rotatable bonds is 7. The van der Waals surface area contributed by atoms with Crippen molar-refractivity contribution in [3.8, 4) is 79.2 Å². The Morgan fingerprint density at radius 1 is 0.242 bits per heavy atom. The van der Waals surface area contributed by atoms with Gasteiger partial charge in [0, 0.05) is 97.4 Å². The van der Waals surface area contributed by atoms with Gasteiger partial charge in [-0.05, 0) is 151 Å². The highest BCUT2D eigenvalue weighted by atomic mass is 16.3. The summed E-state index contributed by atoms with van der Waals surface area (Å²) in [4.78, 5) is 23.1. The molecule has 25 aromatic rings. The Kier molecular flexibility index (Phi) is 12.9. The Bertz CT molecular complexity index is 8840. The Balaban J connectivity index is 0.671.